The summed E-state index contributed by atoms with van der Waals surface area (Å²) in [6.45, 7) is 0. The van der Waals surface area contributed by atoms with E-state index in [1.165, 1.54) is 12.1 Å². The van der Waals surface area contributed by atoms with E-state index in [9.17, 15) is 9.18 Å². The van der Waals surface area contributed by atoms with Gasteiger partial charge in [-0.2, -0.15) is 12.6 Å². The topological polar surface area (TPSA) is 37.3 Å². The van der Waals surface area contributed by atoms with Crippen molar-refractivity contribution in [3.8, 4) is 0 Å². The fraction of sp³-hybridized carbons (Fsp3) is 0.300. The van der Waals surface area contributed by atoms with Gasteiger partial charge in [0.1, 0.15) is 5.82 Å². The van der Waals surface area contributed by atoms with Gasteiger partial charge in [0.2, 0.25) is 0 Å². The minimum absolute atomic E-state index is 0.256. The van der Waals surface area contributed by atoms with Crippen molar-refractivity contribution >= 4 is 18.6 Å². The quantitative estimate of drug-likeness (QED) is 0.752. The largest absolute Gasteiger partial charge is 0.481 e. The van der Waals surface area contributed by atoms with Crippen molar-refractivity contribution in [1.82, 2.24) is 0 Å². The van der Waals surface area contributed by atoms with Crippen LogP contribution in [0.5, 0.6) is 0 Å². The van der Waals surface area contributed by atoms with E-state index in [1.54, 1.807) is 12.1 Å². The first-order valence-corrected chi connectivity index (χ1v) is 4.85. The molecule has 1 atom stereocenters. The Morgan fingerprint density at radius 1 is 1.57 bits per heavy atom. The molecule has 0 aliphatic rings. The summed E-state index contributed by atoms with van der Waals surface area (Å²) in [6, 6.07) is 5.96. The van der Waals surface area contributed by atoms with E-state index in [0.29, 0.717) is 12.0 Å². The van der Waals surface area contributed by atoms with Gasteiger partial charge in [0.15, 0.2) is 0 Å². The van der Waals surface area contributed by atoms with Crippen LogP contribution in [0, 0.1) is 11.7 Å². The van der Waals surface area contributed by atoms with Crippen LogP contribution in [-0.4, -0.2) is 16.8 Å². The lowest BCUT2D eigenvalue weighted by Crippen LogP contribution is -2.18. The molecule has 0 amide bonds. The van der Waals surface area contributed by atoms with Crippen molar-refractivity contribution in [3.05, 3.63) is 35.6 Å². The summed E-state index contributed by atoms with van der Waals surface area (Å²) in [5.74, 6) is -1.54. The van der Waals surface area contributed by atoms with Crippen molar-refractivity contribution in [2.45, 2.75) is 6.42 Å². The number of thiol groups is 1. The number of hydrogen-bond donors (Lipinski definition) is 2. The number of hydrogen-bond acceptors (Lipinski definition) is 2. The number of rotatable bonds is 4. The molecule has 0 heterocycles. The Morgan fingerprint density at radius 3 is 2.79 bits per heavy atom. The summed E-state index contributed by atoms with van der Waals surface area (Å²) in [7, 11) is 0. The Balaban J connectivity index is 2.72. The number of carbonyl (C=O) groups is 1. The summed E-state index contributed by atoms with van der Waals surface area (Å²) < 4.78 is 12.8. The van der Waals surface area contributed by atoms with Gasteiger partial charge in [-0.1, -0.05) is 12.1 Å². The van der Waals surface area contributed by atoms with Gasteiger partial charge in [-0.05, 0) is 24.1 Å². The molecular formula is C10H11FO2S. The van der Waals surface area contributed by atoms with Crippen LogP contribution in [0.2, 0.25) is 0 Å². The van der Waals surface area contributed by atoms with Crippen LogP contribution in [0.3, 0.4) is 0 Å². The van der Waals surface area contributed by atoms with Crippen LogP contribution in [0.15, 0.2) is 24.3 Å². The molecule has 4 heteroatoms. The summed E-state index contributed by atoms with van der Waals surface area (Å²) in [5.41, 5.74) is 0.687. The molecule has 0 radical (unpaired) electrons. The van der Waals surface area contributed by atoms with Gasteiger partial charge in [0.25, 0.3) is 0 Å². The zero-order chi connectivity index (χ0) is 10.6. The van der Waals surface area contributed by atoms with E-state index in [2.05, 4.69) is 12.6 Å². The smallest absolute Gasteiger partial charge is 0.307 e. The molecule has 14 heavy (non-hydrogen) atoms. The maximum Gasteiger partial charge on any atom is 0.307 e. The van der Waals surface area contributed by atoms with E-state index >= 15 is 0 Å². The Labute approximate surface area is 87.2 Å². The second kappa shape index (κ2) is 5.00. The van der Waals surface area contributed by atoms with Crippen molar-refractivity contribution in [3.63, 3.8) is 0 Å². The Hall–Kier alpha value is -1.03. The molecule has 0 saturated heterocycles. The fourth-order valence-electron chi connectivity index (χ4n) is 1.18. The Kier molecular flexibility index (Phi) is 3.95. The predicted octanol–water partition coefficient (Wildman–Crippen LogP) is 2.00. The van der Waals surface area contributed by atoms with E-state index in [4.69, 9.17) is 5.11 Å². The van der Waals surface area contributed by atoms with Gasteiger partial charge in [-0.15, -0.1) is 0 Å². The second-order valence-corrected chi connectivity index (χ2v) is 3.42. The predicted molar refractivity (Wildman–Crippen MR) is 55.1 cm³/mol. The summed E-state index contributed by atoms with van der Waals surface area (Å²) in [5, 5.41) is 8.76. The molecule has 1 aromatic rings. The molecule has 0 aliphatic heterocycles. The van der Waals surface area contributed by atoms with Crippen LogP contribution in [0.25, 0.3) is 0 Å². The SMILES string of the molecule is O=C(O)C(CS)Cc1cccc(F)c1. The van der Waals surface area contributed by atoms with Crippen molar-refractivity contribution in [2.75, 3.05) is 5.75 Å². The third kappa shape index (κ3) is 3.03. The molecule has 1 N–H and O–H groups in total. The van der Waals surface area contributed by atoms with Gasteiger partial charge < -0.3 is 5.11 Å². The average Bonchev–Trinajstić information content (AvgIpc) is 2.14. The molecule has 0 aliphatic carbocycles. The lowest BCUT2D eigenvalue weighted by atomic mass is 10.0. The van der Waals surface area contributed by atoms with Gasteiger partial charge in [-0.25, -0.2) is 4.39 Å². The number of aliphatic carboxylic acids is 1. The fourth-order valence-corrected chi connectivity index (χ4v) is 1.46. The van der Waals surface area contributed by atoms with Crippen molar-refractivity contribution in [2.24, 2.45) is 5.92 Å². The van der Waals surface area contributed by atoms with E-state index in [1.807, 2.05) is 0 Å². The Bertz CT molecular complexity index is 328. The highest BCUT2D eigenvalue weighted by atomic mass is 32.1. The molecule has 0 saturated carbocycles. The average molecular weight is 214 g/mol. The van der Waals surface area contributed by atoms with E-state index < -0.39 is 11.9 Å². The van der Waals surface area contributed by atoms with Crippen LogP contribution >= 0.6 is 12.6 Å². The lowest BCUT2D eigenvalue weighted by molar-refractivity contribution is -0.140. The standard InChI is InChI=1S/C10H11FO2S/c11-9-3-1-2-7(5-9)4-8(6-14)10(12)13/h1-3,5,8,14H,4,6H2,(H,12,13). The first kappa shape index (κ1) is 11.0. The third-order valence-corrected chi connectivity index (χ3v) is 2.38. The minimum atomic E-state index is -0.899. The molecule has 2 nitrogen and oxygen atoms in total. The lowest BCUT2D eigenvalue weighted by Gasteiger charge is -2.08. The van der Waals surface area contributed by atoms with Crippen LogP contribution in [0.4, 0.5) is 4.39 Å². The van der Waals surface area contributed by atoms with Crippen molar-refractivity contribution < 1.29 is 14.3 Å². The summed E-state index contributed by atoms with van der Waals surface area (Å²) in [6.07, 6.45) is 0.316. The minimum Gasteiger partial charge on any atom is -0.481 e. The monoisotopic (exact) mass is 214 g/mol. The summed E-state index contributed by atoms with van der Waals surface area (Å²) in [4.78, 5) is 10.7. The number of carboxylic acid groups (broad SMARTS) is 1. The Morgan fingerprint density at radius 2 is 2.29 bits per heavy atom. The molecule has 0 bridgehead atoms. The van der Waals surface area contributed by atoms with Crippen LogP contribution in [-0.2, 0) is 11.2 Å². The van der Waals surface area contributed by atoms with Crippen LogP contribution in [0.1, 0.15) is 5.56 Å². The molecular weight excluding hydrogens is 203 g/mol. The first-order valence-electron chi connectivity index (χ1n) is 4.21. The second-order valence-electron chi connectivity index (χ2n) is 3.05. The van der Waals surface area contributed by atoms with Gasteiger partial charge in [-0.3, -0.25) is 4.79 Å². The summed E-state index contributed by atoms with van der Waals surface area (Å²) >= 11 is 3.94. The maximum atomic E-state index is 12.8. The molecule has 1 unspecified atom stereocenters. The van der Waals surface area contributed by atoms with Crippen molar-refractivity contribution in [1.29, 1.82) is 0 Å². The molecule has 76 valence electrons. The normalized spacial score (nSPS) is 12.4. The number of carboxylic acids is 1. The molecule has 1 aromatic carbocycles. The zero-order valence-electron chi connectivity index (χ0n) is 7.48. The van der Waals surface area contributed by atoms with Gasteiger partial charge >= 0.3 is 5.97 Å². The molecule has 0 fully saturated rings. The highest BCUT2D eigenvalue weighted by molar-refractivity contribution is 7.80. The van der Waals surface area contributed by atoms with E-state index in [-0.39, 0.29) is 11.6 Å². The third-order valence-electron chi connectivity index (χ3n) is 1.94. The highest BCUT2D eigenvalue weighted by Crippen LogP contribution is 2.11. The first-order chi connectivity index (χ1) is 6.63. The molecule has 0 aromatic heterocycles. The van der Waals surface area contributed by atoms with Gasteiger partial charge in [0.05, 0.1) is 5.92 Å². The number of benzene rings is 1. The van der Waals surface area contributed by atoms with Gasteiger partial charge in [0, 0.05) is 5.75 Å². The molecule has 1 rings (SSSR count). The number of halogens is 1. The van der Waals surface area contributed by atoms with E-state index in [0.717, 1.165) is 0 Å². The molecule has 0 spiro atoms. The van der Waals surface area contributed by atoms with Crippen LogP contribution < -0.4 is 0 Å². The zero-order valence-corrected chi connectivity index (χ0v) is 8.38. The highest BCUT2D eigenvalue weighted by Gasteiger charge is 2.15. The maximum absolute atomic E-state index is 12.8.